The molecule has 0 atom stereocenters. The number of hydrogen-bond acceptors (Lipinski definition) is 3. The second-order valence-corrected chi connectivity index (χ2v) is 5.07. The molecular formula is C12H12Cl2N2O3S. The molecule has 0 saturated carbocycles. The number of amides is 1. The lowest BCUT2D eigenvalue weighted by atomic mass is 10.2. The Morgan fingerprint density at radius 3 is 2.55 bits per heavy atom. The predicted octanol–water partition coefficient (Wildman–Crippen LogP) is 3.30. The minimum absolute atomic E-state index is 0.0314. The molecule has 8 heteroatoms. The summed E-state index contributed by atoms with van der Waals surface area (Å²) in [6, 6.07) is 2.52. The number of rotatable bonds is 4. The molecule has 1 rings (SSSR count). The van der Waals surface area contributed by atoms with Gasteiger partial charge in [0.2, 0.25) is 5.91 Å². The molecule has 0 aliphatic heterocycles. The summed E-state index contributed by atoms with van der Waals surface area (Å²) in [7, 11) is 0. The average molecular weight is 335 g/mol. The number of nitrogens with one attached hydrogen (secondary N) is 2. The maximum absolute atomic E-state index is 11.4. The number of carbonyl (C=O) groups is 2. The monoisotopic (exact) mass is 334 g/mol. The summed E-state index contributed by atoms with van der Waals surface area (Å²) in [5.41, 5.74) is 0.183. The zero-order valence-corrected chi connectivity index (χ0v) is 12.8. The van der Waals surface area contributed by atoms with Gasteiger partial charge in [0.1, 0.15) is 0 Å². The number of hydrogen-bond donors (Lipinski definition) is 3. The number of carboxylic acids is 1. The quantitative estimate of drug-likeness (QED) is 0.736. The standard InChI is InChI=1S/C12H12Cl2N2O3S/c1-2-3-9(17)16-12(20)15-8-5-6(11(18)19)4-7(13)10(8)14/h4-5H,2-3H2,1H3,(H,18,19)(H2,15,16,17,20). The van der Waals surface area contributed by atoms with Crippen LogP contribution in [0.1, 0.15) is 30.1 Å². The molecule has 0 saturated heterocycles. The highest BCUT2D eigenvalue weighted by molar-refractivity contribution is 7.80. The second kappa shape index (κ2) is 7.42. The van der Waals surface area contributed by atoms with Crippen molar-refractivity contribution in [2.24, 2.45) is 0 Å². The van der Waals surface area contributed by atoms with Crippen LogP contribution in [0.2, 0.25) is 10.0 Å². The zero-order valence-electron chi connectivity index (χ0n) is 10.5. The Labute approximate surface area is 131 Å². The topological polar surface area (TPSA) is 78.4 Å². The third-order valence-electron chi connectivity index (χ3n) is 2.25. The Balaban J connectivity index is 2.89. The van der Waals surface area contributed by atoms with Crippen molar-refractivity contribution >= 4 is 58.1 Å². The number of benzene rings is 1. The van der Waals surface area contributed by atoms with Crippen LogP contribution >= 0.6 is 35.4 Å². The lowest BCUT2D eigenvalue weighted by Gasteiger charge is -2.12. The first kappa shape index (κ1) is 16.7. The van der Waals surface area contributed by atoms with Gasteiger partial charge in [-0.3, -0.25) is 4.79 Å². The number of carbonyl (C=O) groups excluding carboxylic acids is 1. The molecule has 1 amide bonds. The van der Waals surface area contributed by atoms with Crippen LogP contribution in [-0.2, 0) is 4.79 Å². The molecule has 20 heavy (non-hydrogen) atoms. The first-order valence-corrected chi connectivity index (χ1v) is 6.84. The summed E-state index contributed by atoms with van der Waals surface area (Å²) in [5, 5.41) is 14.3. The molecule has 0 aromatic heterocycles. The van der Waals surface area contributed by atoms with Gasteiger partial charge in [-0.25, -0.2) is 4.79 Å². The lowest BCUT2D eigenvalue weighted by molar-refractivity contribution is -0.119. The normalized spacial score (nSPS) is 9.95. The van der Waals surface area contributed by atoms with Gasteiger partial charge in [-0.15, -0.1) is 0 Å². The molecule has 1 aromatic carbocycles. The zero-order chi connectivity index (χ0) is 15.3. The van der Waals surface area contributed by atoms with Crippen LogP contribution in [-0.4, -0.2) is 22.1 Å². The number of aromatic carboxylic acids is 1. The Bertz CT molecular complexity index is 564. The molecule has 0 fully saturated rings. The third kappa shape index (κ3) is 4.63. The van der Waals surface area contributed by atoms with E-state index in [1.54, 1.807) is 0 Å². The molecule has 0 spiro atoms. The Morgan fingerprint density at radius 2 is 2.00 bits per heavy atom. The summed E-state index contributed by atoms with van der Waals surface area (Å²) in [5.74, 6) is -1.38. The highest BCUT2D eigenvalue weighted by Gasteiger charge is 2.13. The molecule has 0 unspecified atom stereocenters. The first-order chi connectivity index (χ1) is 9.35. The highest BCUT2D eigenvalue weighted by Crippen LogP contribution is 2.31. The maximum atomic E-state index is 11.4. The smallest absolute Gasteiger partial charge is 0.335 e. The van der Waals surface area contributed by atoms with Gasteiger partial charge < -0.3 is 15.7 Å². The van der Waals surface area contributed by atoms with Gasteiger partial charge >= 0.3 is 5.97 Å². The van der Waals surface area contributed by atoms with Crippen molar-refractivity contribution in [3.8, 4) is 0 Å². The third-order valence-corrected chi connectivity index (χ3v) is 3.26. The minimum Gasteiger partial charge on any atom is -0.478 e. The van der Waals surface area contributed by atoms with Gasteiger partial charge in [0.05, 0.1) is 21.3 Å². The van der Waals surface area contributed by atoms with Crippen molar-refractivity contribution in [3.05, 3.63) is 27.7 Å². The van der Waals surface area contributed by atoms with E-state index in [0.717, 1.165) is 0 Å². The Kier molecular flexibility index (Phi) is 6.19. The molecule has 3 N–H and O–H groups in total. The fourth-order valence-electron chi connectivity index (χ4n) is 1.37. The number of halogens is 2. The van der Waals surface area contributed by atoms with E-state index in [1.807, 2.05) is 6.92 Å². The fourth-order valence-corrected chi connectivity index (χ4v) is 1.97. The van der Waals surface area contributed by atoms with E-state index in [-0.39, 0.29) is 32.3 Å². The Hall–Kier alpha value is -1.37. The average Bonchev–Trinajstić information content (AvgIpc) is 2.34. The van der Waals surface area contributed by atoms with Gasteiger partial charge in [0.15, 0.2) is 5.11 Å². The fraction of sp³-hybridized carbons (Fsp3) is 0.250. The second-order valence-electron chi connectivity index (χ2n) is 3.88. The van der Waals surface area contributed by atoms with Gasteiger partial charge in [-0.2, -0.15) is 0 Å². The minimum atomic E-state index is -1.15. The van der Waals surface area contributed by atoms with E-state index in [4.69, 9.17) is 40.5 Å². The van der Waals surface area contributed by atoms with Crippen LogP contribution in [0.15, 0.2) is 12.1 Å². The van der Waals surface area contributed by atoms with Gasteiger partial charge in [0, 0.05) is 6.42 Å². The molecule has 5 nitrogen and oxygen atoms in total. The molecule has 0 bridgehead atoms. The summed E-state index contributed by atoms with van der Waals surface area (Å²) < 4.78 is 0. The largest absolute Gasteiger partial charge is 0.478 e. The maximum Gasteiger partial charge on any atom is 0.335 e. The summed E-state index contributed by atoms with van der Waals surface area (Å²) in [4.78, 5) is 22.3. The summed E-state index contributed by atoms with van der Waals surface area (Å²) in [6.07, 6.45) is 1.03. The predicted molar refractivity (Wildman–Crippen MR) is 82.7 cm³/mol. The van der Waals surface area contributed by atoms with E-state index in [2.05, 4.69) is 10.6 Å². The number of thiocarbonyl (C=S) groups is 1. The van der Waals surface area contributed by atoms with Crippen molar-refractivity contribution in [3.63, 3.8) is 0 Å². The van der Waals surface area contributed by atoms with E-state index >= 15 is 0 Å². The van der Waals surface area contributed by atoms with E-state index in [0.29, 0.717) is 12.8 Å². The SMILES string of the molecule is CCCC(=O)NC(=S)Nc1cc(C(=O)O)cc(Cl)c1Cl. The molecule has 108 valence electrons. The molecule has 1 aromatic rings. The number of anilines is 1. The van der Waals surface area contributed by atoms with Gasteiger partial charge in [-0.1, -0.05) is 30.1 Å². The van der Waals surface area contributed by atoms with Crippen molar-refractivity contribution in [2.75, 3.05) is 5.32 Å². The molecular weight excluding hydrogens is 323 g/mol. The van der Waals surface area contributed by atoms with E-state index < -0.39 is 5.97 Å². The molecule has 0 heterocycles. The Morgan fingerprint density at radius 1 is 1.35 bits per heavy atom. The van der Waals surface area contributed by atoms with Gasteiger partial charge in [-0.05, 0) is 30.8 Å². The van der Waals surface area contributed by atoms with Crippen LogP contribution < -0.4 is 10.6 Å². The van der Waals surface area contributed by atoms with Crippen LogP contribution in [0.5, 0.6) is 0 Å². The van der Waals surface area contributed by atoms with E-state index in [1.165, 1.54) is 12.1 Å². The van der Waals surface area contributed by atoms with Crippen molar-refractivity contribution in [1.29, 1.82) is 0 Å². The summed E-state index contributed by atoms with van der Waals surface area (Å²) >= 11 is 16.7. The highest BCUT2D eigenvalue weighted by atomic mass is 35.5. The van der Waals surface area contributed by atoms with Crippen LogP contribution in [0.3, 0.4) is 0 Å². The van der Waals surface area contributed by atoms with E-state index in [9.17, 15) is 9.59 Å². The molecule has 0 radical (unpaired) electrons. The molecule has 0 aliphatic rings. The molecule has 0 aliphatic carbocycles. The number of carboxylic acid groups (broad SMARTS) is 1. The lowest BCUT2D eigenvalue weighted by Crippen LogP contribution is -2.33. The van der Waals surface area contributed by atoms with Crippen molar-refractivity contribution in [2.45, 2.75) is 19.8 Å². The van der Waals surface area contributed by atoms with Crippen LogP contribution in [0.25, 0.3) is 0 Å². The van der Waals surface area contributed by atoms with Crippen molar-refractivity contribution < 1.29 is 14.7 Å². The van der Waals surface area contributed by atoms with Gasteiger partial charge in [0.25, 0.3) is 0 Å². The summed E-state index contributed by atoms with van der Waals surface area (Å²) in [6.45, 7) is 1.86. The van der Waals surface area contributed by atoms with Crippen LogP contribution in [0, 0.1) is 0 Å². The van der Waals surface area contributed by atoms with Crippen LogP contribution in [0.4, 0.5) is 5.69 Å². The first-order valence-electron chi connectivity index (χ1n) is 5.68. The van der Waals surface area contributed by atoms with Crippen molar-refractivity contribution in [1.82, 2.24) is 5.32 Å².